The highest BCUT2D eigenvalue weighted by atomic mass is 15.3. The number of aromatic nitrogens is 2. The molecule has 0 atom stereocenters. The second kappa shape index (κ2) is 8.26. The van der Waals surface area contributed by atoms with Gasteiger partial charge in [0, 0.05) is 37.1 Å². The quantitative estimate of drug-likeness (QED) is 0.745. The summed E-state index contributed by atoms with van der Waals surface area (Å²) in [6.07, 6.45) is 3.62. The van der Waals surface area contributed by atoms with E-state index in [0.717, 1.165) is 31.7 Å². The van der Waals surface area contributed by atoms with Gasteiger partial charge in [-0.1, -0.05) is 12.1 Å². The molecular formula is C22H34N4. The Balaban J connectivity index is 1.54. The molecule has 0 unspecified atom stereocenters. The van der Waals surface area contributed by atoms with Crippen LogP contribution in [0.15, 0.2) is 24.3 Å². The molecular weight excluding hydrogens is 320 g/mol. The first-order valence-electron chi connectivity index (χ1n) is 10.0. The standard InChI is InChI=1S/C22H34N4/c1-17(2)25-12-6-8-21-15-20(9-10-22(21)25)16-24(5)11-7-13-26-19(4)14-18(3)23-26/h9-10,14-15,17H,6-8,11-13,16H2,1-5H3. The minimum Gasteiger partial charge on any atom is -0.369 e. The average molecular weight is 355 g/mol. The molecule has 0 radical (unpaired) electrons. The Bertz CT molecular complexity index is 732. The zero-order chi connectivity index (χ0) is 18.7. The van der Waals surface area contributed by atoms with Crippen LogP contribution in [-0.4, -0.2) is 40.9 Å². The molecule has 4 nitrogen and oxygen atoms in total. The highest BCUT2D eigenvalue weighted by Gasteiger charge is 2.19. The van der Waals surface area contributed by atoms with Crippen LogP contribution >= 0.6 is 0 Å². The molecule has 0 N–H and O–H groups in total. The SMILES string of the molecule is Cc1cc(C)n(CCCN(C)Cc2ccc3c(c2)CCCN3C(C)C)n1. The summed E-state index contributed by atoms with van der Waals surface area (Å²) < 4.78 is 2.13. The van der Waals surface area contributed by atoms with Gasteiger partial charge in [-0.3, -0.25) is 4.68 Å². The summed E-state index contributed by atoms with van der Waals surface area (Å²) in [7, 11) is 2.22. The van der Waals surface area contributed by atoms with E-state index >= 15 is 0 Å². The number of rotatable bonds is 7. The molecule has 26 heavy (non-hydrogen) atoms. The minimum atomic E-state index is 0.581. The highest BCUT2D eigenvalue weighted by Crippen LogP contribution is 2.29. The maximum Gasteiger partial charge on any atom is 0.0596 e. The Kier molecular flexibility index (Phi) is 6.02. The minimum absolute atomic E-state index is 0.581. The van der Waals surface area contributed by atoms with Crippen LogP contribution in [-0.2, 0) is 19.5 Å². The van der Waals surface area contributed by atoms with E-state index in [-0.39, 0.29) is 0 Å². The van der Waals surface area contributed by atoms with Crippen LogP contribution in [0.25, 0.3) is 0 Å². The lowest BCUT2D eigenvalue weighted by Gasteiger charge is -2.35. The summed E-state index contributed by atoms with van der Waals surface area (Å²) in [4.78, 5) is 4.97. The zero-order valence-electron chi connectivity index (χ0n) is 17.1. The highest BCUT2D eigenvalue weighted by molar-refractivity contribution is 5.57. The maximum atomic E-state index is 4.55. The fourth-order valence-electron chi connectivity index (χ4n) is 4.10. The summed E-state index contributed by atoms with van der Waals surface area (Å²) >= 11 is 0. The maximum absolute atomic E-state index is 4.55. The Morgan fingerprint density at radius 2 is 2.00 bits per heavy atom. The van der Waals surface area contributed by atoms with Crippen molar-refractivity contribution in [3.8, 4) is 0 Å². The van der Waals surface area contributed by atoms with Crippen molar-refractivity contribution in [3.63, 3.8) is 0 Å². The predicted molar refractivity (Wildman–Crippen MR) is 110 cm³/mol. The summed E-state index contributed by atoms with van der Waals surface area (Å²) in [5.41, 5.74) is 6.78. The van der Waals surface area contributed by atoms with Gasteiger partial charge >= 0.3 is 0 Å². The number of nitrogens with zero attached hydrogens (tertiary/aromatic N) is 4. The van der Waals surface area contributed by atoms with E-state index < -0.39 is 0 Å². The second-order valence-electron chi connectivity index (χ2n) is 8.10. The van der Waals surface area contributed by atoms with E-state index in [1.165, 1.54) is 41.9 Å². The van der Waals surface area contributed by atoms with E-state index in [9.17, 15) is 0 Å². The molecule has 3 rings (SSSR count). The van der Waals surface area contributed by atoms with E-state index in [0.29, 0.717) is 6.04 Å². The van der Waals surface area contributed by atoms with Gasteiger partial charge < -0.3 is 9.80 Å². The first-order chi connectivity index (χ1) is 12.4. The Labute approximate surface area is 158 Å². The van der Waals surface area contributed by atoms with Gasteiger partial charge in [0.05, 0.1) is 5.69 Å². The Hall–Kier alpha value is -1.81. The number of hydrogen-bond donors (Lipinski definition) is 0. The average Bonchev–Trinajstić information content (AvgIpc) is 2.91. The van der Waals surface area contributed by atoms with Crippen LogP contribution in [0, 0.1) is 13.8 Å². The van der Waals surface area contributed by atoms with Gasteiger partial charge in [0.25, 0.3) is 0 Å². The molecule has 1 aliphatic rings. The van der Waals surface area contributed by atoms with Gasteiger partial charge in [-0.2, -0.15) is 5.10 Å². The molecule has 142 valence electrons. The fourth-order valence-corrected chi connectivity index (χ4v) is 4.10. The molecule has 0 spiro atoms. The van der Waals surface area contributed by atoms with Gasteiger partial charge in [0.1, 0.15) is 0 Å². The number of anilines is 1. The predicted octanol–water partition coefficient (Wildman–Crippen LogP) is 4.18. The lowest BCUT2D eigenvalue weighted by molar-refractivity contribution is 0.310. The molecule has 0 amide bonds. The molecule has 1 aromatic heterocycles. The topological polar surface area (TPSA) is 24.3 Å². The van der Waals surface area contributed by atoms with Crippen LogP contribution in [0.1, 0.15) is 49.2 Å². The van der Waals surface area contributed by atoms with E-state index in [1.807, 2.05) is 0 Å². The third kappa shape index (κ3) is 4.47. The van der Waals surface area contributed by atoms with Crippen molar-refractivity contribution in [2.24, 2.45) is 0 Å². The van der Waals surface area contributed by atoms with Crippen molar-refractivity contribution in [3.05, 3.63) is 46.8 Å². The van der Waals surface area contributed by atoms with Crippen molar-refractivity contribution >= 4 is 5.69 Å². The third-order valence-corrected chi connectivity index (χ3v) is 5.39. The van der Waals surface area contributed by atoms with Crippen LogP contribution < -0.4 is 4.90 Å². The molecule has 1 aliphatic heterocycles. The van der Waals surface area contributed by atoms with E-state index in [1.54, 1.807) is 0 Å². The van der Waals surface area contributed by atoms with Gasteiger partial charge in [0.15, 0.2) is 0 Å². The third-order valence-electron chi connectivity index (χ3n) is 5.39. The molecule has 4 heteroatoms. The second-order valence-corrected chi connectivity index (χ2v) is 8.10. The first-order valence-corrected chi connectivity index (χ1v) is 10.0. The molecule has 1 aromatic carbocycles. The van der Waals surface area contributed by atoms with Gasteiger partial charge in [0.2, 0.25) is 0 Å². The van der Waals surface area contributed by atoms with Crippen LogP contribution in [0.5, 0.6) is 0 Å². The summed E-state index contributed by atoms with van der Waals surface area (Å²) in [5, 5.41) is 4.55. The zero-order valence-corrected chi connectivity index (χ0v) is 17.1. The molecule has 0 aliphatic carbocycles. The Morgan fingerprint density at radius 3 is 2.69 bits per heavy atom. The Morgan fingerprint density at radius 1 is 1.19 bits per heavy atom. The van der Waals surface area contributed by atoms with Crippen molar-refractivity contribution in [2.45, 2.75) is 66.1 Å². The fraction of sp³-hybridized carbons (Fsp3) is 0.591. The molecule has 2 aromatic rings. The summed E-state index contributed by atoms with van der Waals surface area (Å²) in [6, 6.07) is 9.82. The van der Waals surface area contributed by atoms with Gasteiger partial charge in [-0.05, 0) is 83.8 Å². The molecule has 0 saturated heterocycles. The molecule has 2 heterocycles. The van der Waals surface area contributed by atoms with E-state index in [2.05, 4.69) is 78.6 Å². The molecule has 0 saturated carbocycles. The molecule has 0 bridgehead atoms. The smallest absolute Gasteiger partial charge is 0.0596 e. The molecule has 0 fully saturated rings. The largest absolute Gasteiger partial charge is 0.369 e. The number of benzene rings is 1. The van der Waals surface area contributed by atoms with Crippen molar-refractivity contribution in [1.29, 1.82) is 0 Å². The van der Waals surface area contributed by atoms with Crippen molar-refractivity contribution in [1.82, 2.24) is 14.7 Å². The van der Waals surface area contributed by atoms with Crippen molar-refractivity contribution in [2.75, 3.05) is 25.0 Å². The van der Waals surface area contributed by atoms with Crippen LogP contribution in [0.4, 0.5) is 5.69 Å². The lowest BCUT2D eigenvalue weighted by atomic mass is 9.98. The van der Waals surface area contributed by atoms with Crippen molar-refractivity contribution < 1.29 is 0 Å². The lowest BCUT2D eigenvalue weighted by Crippen LogP contribution is -2.35. The van der Waals surface area contributed by atoms with Gasteiger partial charge in [-0.25, -0.2) is 0 Å². The summed E-state index contributed by atoms with van der Waals surface area (Å²) in [5.74, 6) is 0. The number of hydrogen-bond acceptors (Lipinski definition) is 3. The van der Waals surface area contributed by atoms with Crippen LogP contribution in [0.3, 0.4) is 0 Å². The summed E-state index contributed by atoms with van der Waals surface area (Å²) in [6.45, 7) is 13.1. The number of fused-ring (bicyclic) bond motifs is 1. The monoisotopic (exact) mass is 354 g/mol. The first kappa shape index (κ1) is 19.0. The van der Waals surface area contributed by atoms with E-state index in [4.69, 9.17) is 0 Å². The van der Waals surface area contributed by atoms with Crippen LogP contribution in [0.2, 0.25) is 0 Å². The normalized spacial score (nSPS) is 14.3. The number of aryl methyl sites for hydroxylation is 4. The van der Waals surface area contributed by atoms with Gasteiger partial charge in [-0.15, -0.1) is 0 Å².